The predicted octanol–water partition coefficient (Wildman–Crippen LogP) is 3.72. The van der Waals surface area contributed by atoms with Crippen molar-refractivity contribution >= 4 is 32.5 Å². The molecule has 2 atom stereocenters. The molecule has 7 heteroatoms. The van der Waals surface area contributed by atoms with E-state index in [4.69, 9.17) is 0 Å². The summed E-state index contributed by atoms with van der Waals surface area (Å²) in [5.74, 6) is 0.781. The van der Waals surface area contributed by atoms with Crippen molar-refractivity contribution in [2.45, 2.75) is 51.3 Å². The van der Waals surface area contributed by atoms with Crippen LogP contribution in [-0.2, 0) is 6.54 Å². The maximum atomic E-state index is 10.1. The Kier molecular flexibility index (Phi) is 4.99. The fourth-order valence-corrected chi connectivity index (χ4v) is 4.31. The molecule has 4 rings (SSSR count). The zero-order valence-electron chi connectivity index (χ0n) is 14.8. The van der Waals surface area contributed by atoms with Crippen molar-refractivity contribution in [1.82, 2.24) is 15.0 Å². The minimum atomic E-state index is -0.272. The molecule has 0 spiro atoms. The molecule has 0 radical (unpaired) electrons. The van der Waals surface area contributed by atoms with E-state index in [1.807, 2.05) is 13.0 Å². The summed E-state index contributed by atoms with van der Waals surface area (Å²) in [5.41, 5.74) is 3.06. The maximum absolute atomic E-state index is 10.1. The van der Waals surface area contributed by atoms with Crippen molar-refractivity contribution in [2.24, 2.45) is 0 Å². The first kappa shape index (κ1) is 17.2. The van der Waals surface area contributed by atoms with E-state index in [9.17, 15) is 5.11 Å². The van der Waals surface area contributed by atoms with E-state index < -0.39 is 0 Å². The van der Waals surface area contributed by atoms with Gasteiger partial charge in [0.2, 0.25) is 0 Å². The second-order valence-electron chi connectivity index (χ2n) is 6.82. The summed E-state index contributed by atoms with van der Waals surface area (Å²) < 4.78 is 1.15. The molecule has 0 aliphatic heterocycles. The number of aliphatic hydroxyl groups is 1. The van der Waals surface area contributed by atoms with Gasteiger partial charge in [-0.25, -0.2) is 9.97 Å². The summed E-state index contributed by atoms with van der Waals surface area (Å²) >= 11 is 1.64. The highest BCUT2D eigenvalue weighted by Crippen LogP contribution is 2.30. The van der Waals surface area contributed by atoms with E-state index >= 15 is 0 Å². The lowest BCUT2D eigenvalue weighted by Gasteiger charge is -2.27. The molecule has 0 bridgehead atoms. The summed E-state index contributed by atoms with van der Waals surface area (Å²) in [6.45, 7) is 2.62. The van der Waals surface area contributed by atoms with Gasteiger partial charge in [0.1, 0.15) is 5.82 Å². The minimum Gasteiger partial charge on any atom is -0.391 e. The third-order valence-electron chi connectivity index (χ3n) is 4.72. The number of benzene rings is 1. The molecule has 0 unspecified atom stereocenters. The average Bonchev–Trinajstić information content (AvgIpc) is 3.03. The molecule has 0 saturated heterocycles. The molecule has 1 aromatic carbocycles. The maximum Gasteiger partial charge on any atom is 0.184 e. The summed E-state index contributed by atoms with van der Waals surface area (Å²) in [5, 5.41) is 17.8. The molecular weight excluding hydrogens is 346 g/mol. The second kappa shape index (κ2) is 7.55. The average molecular weight is 369 g/mol. The van der Waals surface area contributed by atoms with Crippen molar-refractivity contribution in [3.63, 3.8) is 0 Å². The van der Waals surface area contributed by atoms with Gasteiger partial charge in [0.05, 0.1) is 34.3 Å². The molecule has 1 saturated carbocycles. The van der Waals surface area contributed by atoms with Gasteiger partial charge in [-0.05, 0) is 37.5 Å². The smallest absolute Gasteiger partial charge is 0.184 e. The molecular formula is C19H23N5OS. The molecule has 1 aliphatic carbocycles. The van der Waals surface area contributed by atoms with Gasteiger partial charge in [0.15, 0.2) is 5.13 Å². The predicted molar refractivity (Wildman–Crippen MR) is 106 cm³/mol. The van der Waals surface area contributed by atoms with Gasteiger partial charge >= 0.3 is 0 Å². The van der Waals surface area contributed by atoms with Crippen molar-refractivity contribution in [3.05, 3.63) is 41.9 Å². The molecule has 3 N–H and O–H groups in total. The van der Waals surface area contributed by atoms with Crippen LogP contribution in [0.5, 0.6) is 0 Å². The fourth-order valence-electron chi connectivity index (χ4n) is 3.32. The summed E-state index contributed by atoms with van der Waals surface area (Å²) in [6.07, 6.45) is 7.36. The first-order chi connectivity index (χ1) is 12.7. The zero-order valence-corrected chi connectivity index (χ0v) is 15.6. The highest BCUT2D eigenvalue weighted by atomic mass is 32.1. The molecule has 1 aliphatic rings. The van der Waals surface area contributed by atoms with Crippen LogP contribution in [0.25, 0.3) is 10.2 Å². The van der Waals surface area contributed by atoms with Crippen LogP contribution >= 0.6 is 11.3 Å². The Hall–Kier alpha value is -2.25. The molecule has 6 nitrogen and oxygen atoms in total. The number of aromatic nitrogens is 3. The second-order valence-corrected chi connectivity index (χ2v) is 7.85. The number of rotatable bonds is 5. The van der Waals surface area contributed by atoms with Gasteiger partial charge < -0.3 is 15.7 Å². The summed E-state index contributed by atoms with van der Waals surface area (Å²) in [7, 11) is 0. The zero-order chi connectivity index (χ0) is 17.9. The third-order valence-corrected chi connectivity index (χ3v) is 5.67. The van der Waals surface area contributed by atoms with Gasteiger partial charge in [-0.15, -0.1) is 0 Å². The fraction of sp³-hybridized carbons (Fsp3) is 0.421. The van der Waals surface area contributed by atoms with Crippen molar-refractivity contribution < 1.29 is 5.11 Å². The Morgan fingerprint density at radius 3 is 2.92 bits per heavy atom. The summed E-state index contributed by atoms with van der Waals surface area (Å²) in [4.78, 5) is 13.2. The van der Waals surface area contributed by atoms with E-state index in [-0.39, 0.29) is 12.1 Å². The van der Waals surface area contributed by atoms with Gasteiger partial charge in [0.25, 0.3) is 0 Å². The van der Waals surface area contributed by atoms with Crippen LogP contribution in [0.3, 0.4) is 0 Å². The van der Waals surface area contributed by atoms with Crippen LogP contribution in [0.4, 0.5) is 10.9 Å². The van der Waals surface area contributed by atoms with E-state index in [2.05, 4.69) is 37.7 Å². The van der Waals surface area contributed by atoms with E-state index in [0.29, 0.717) is 6.54 Å². The molecule has 0 amide bonds. The van der Waals surface area contributed by atoms with Crippen molar-refractivity contribution in [1.29, 1.82) is 0 Å². The van der Waals surface area contributed by atoms with E-state index in [1.54, 1.807) is 23.7 Å². The minimum absolute atomic E-state index is 0.116. The lowest BCUT2D eigenvalue weighted by Crippen LogP contribution is -2.36. The van der Waals surface area contributed by atoms with Crippen LogP contribution in [0.1, 0.15) is 36.9 Å². The van der Waals surface area contributed by atoms with Gasteiger partial charge in [0, 0.05) is 12.7 Å². The summed E-state index contributed by atoms with van der Waals surface area (Å²) in [6, 6.07) is 6.40. The quantitative estimate of drug-likeness (QED) is 0.636. The normalized spacial score (nSPS) is 20.2. The Balaban J connectivity index is 1.45. The van der Waals surface area contributed by atoms with Gasteiger partial charge in [-0.1, -0.05) is 30.2 Å². The largest absolute Gasteiger partial charge is 0.391 e. The standard InChI is InChI=1S/C19H23N5OS/c1-12-9-20-11-18(22-12)21-10-13-6-7-15-17(8-13)26-19(24-15)23-14-4-2-3-5-16(14)25/h6-9,11,14,16,25H,2-5,10H2,1H3,(H,21,22)(H,23,24)/t14-,16-/m1/s1. The molecule has 1 fully saturated rings. The number of hydrogen-bond donors (Lipinski definition) is 3. The van der Waals surface area contributed by atoms with Crippen LogP contribution < -0.4 is 10.6 Å². The van der Waals surface area contributed by atoms with E-state index in [0.717, 1.165) is 52.5 Å². The molecule has 3 aromatic rings. The lowest BCUT2D eigenvalue weighted by molar-refractivity contribution is 0.116. The van der Waals surface area contributed by atoms with Gasteiger partial charge in [-0.2, -0.15) is 0 Å². The topological polar surface area (TPSA) is 83.0 Å². The third kappa shape index (κ3) is 3.94. The van der Waals surface area contributed by atoms with Crippen LogP contribution in [0, 0.1) is 6.92 Å². The SMILES string of the molecule is Cc1cncc(NCc2ccc3nc(N[C@@H]4CCCC[C@H]4O)sc3c2)n1. The molecule has 136 valence electrons. The molecule has 2 heterocycles. The van der Waals surface area contributed by atoms with Crippen LogP contribution in [0.2, 0.25) is 0 Å². The van der Waals surface area contributed by atoms with Crippen LogP contribution in [0.15, 0.2) is 30.6 Å². The highest BCUT2D eigenvalue weighted by molar-refractivity contribution is 7.22. The van der Waals surface area contributed by atoms with E-state index in [1.165, 1.54) is 5.56 Å². The Labute approximate surface area is 156 Å². The highest BCUT2D eigenvalue weighted by Gasteiger charge is 2.23. The first-order valence-electron chi connectivity index (χ1n) is 9.04. The molecule has 26 heavy (non-hydrogen) atoms. The monoisotopic (exact) mass is 369 g/mol. The lowest BCUT2D eigenvalue weighted by atomic mass is 9.93. The Bertz CT molecular complexity index is 897. The number of hydrogen-bond acceptors (Lipinski definition) is 7. The van der Waals surface area contributed by atoms with Gasteiger partial charge in [-0.3, -0.25) is 4.98 Å². The van der Waals surface area contributed by atoms with Crippen molar-refractivity contribution in [2.75, 3.05) is 10.6 Å². The number of aliphatic hydroxyl groups excluding tert-OH is 1. The number of fused-ring (bicyclic) bond motifs is 1. The number of thiazole rings is 1. The Morgan fingerprint density at radius 2 is 2.08 bits per heavy atom. The van der Waals surface area contributed by atoms with Crippen molar-refractivity contribution in [3.8, 4) is 0 Å². The number of nitrogens with one attached hydrogen (secondary N) is 2. The number of anilines is 2. The first-order valence-corrected chi connectivity index (χ1v) is 9.85. The number of nitrogens with zero attached hydrogens (tertiary/aromatic N) is 3. The molecule has 2 aromatic heterocycles. The number of aryl methyl sites for hydroxylation is 1. The Morgan fingerprint density at radius 1 is 1.19 bits per heavy atom. The van der Waals surface area contributed by atoms with Crippen LogP contribution in [-0.4, -0.2) is 32.2 Å².